The Bertz CT molecular complexity index is 509. The van der Waals surface area contributed by atoms with Crippen molar-refractivity contribution in [2.75, 3.05) is 11.5 Å². The van der Waals surface area contributed by atoms with E-state index in [4.69, 9.17) is 16.6 Å². The van der Waals surface area contributed by atoms with Crippen LogP contribution in [0.3, 0.4) is 0 Å². The Hall–Kier alpha value is 0.397. The van der Waals surface area contributed by atoms with E-state index in [1.165, 1.54) is 0 Å². The van der Waals surface area contributed by atoms with Gasteiger partial charge in [0.05, 0.1) is 21.6 Å². The van der Waals surface area contributed by atoms with Gasteiger partial charge >= 0.3 is 0 Å². The summed E-state index contributed by atoms with van der Waals surface area (Å²) in [4.78, 5) is 12.1. The number of amides is 1. The number of hydrogen-bond acceptors (Lipinski definition) is 5. The number of thioether (sulfide) groups is 1. The topological polar surface area (TPSA) is 61.4 Å². The van der Waals surface area contributed by atoms with Crippen molar-refractivity contribution in [3.63, 3.8) is 0 Å². The molecule has 2 heterocycles. The van der Waals surface area contributed by atoms with Crippen LogP contribution in [0.2, 0.25) is 18.1 Å². The van der Waals surface area contributed by atoms with Gasteiger partial charge in [-0.25, -0.2) is 0 Å². The molecule has 2 aliphatic heterocycles. The molecule has 24 heavy (non-hydrogen) atoms. The molecule has 8 heteroatoms. The van der Waals surface area contributed by atoms with Gasteiger partial charge in [-0.1, -0.05) is 55.9 Å². The molecular weight excluding hydrogens is 378 g/mol. The van der Waals surface area contributed by atoms with Crippen molar-refractivity contribution in [1.29, 1.82) is 0 Å². The standard InChI is InChI=1S/C16H29NO3S3Si/c1-10(20-24(5,6)16(2,3)4)12-13(18)17-14(12)22-15(21)11-7-8-23(19)9-11/h10-12,14H,7-9H2,1-6H3,(H,17,18)/t10-,11?,12+,14-,23?/m1/s1. The van der Waals surface area contributed by atoms with Crippen LogP contribution in [0.25, 0.3) is 0 Å². The Kier molecular flexibility index (Phi) is 6.52. The van der Waals surface area contributed by atoms with Crippen molar-refractivity contribution < 1.29 is 13.8 Å². The molecule has 138 valence electrons. The van der Waals surface area contributed by atoms with Crippen LogP contribution in [-0.4, -0.2) is 46.0 Å². The minimum Gasteiger partial charge on any atom is -0.616 e. The molecule has 2 unspecified atom stereocenters. The van der Waals surface area contributed by atoms with E-state index in [-0.39, 0.29) is 34.3 Å². The molecule has 2 rings (SSSR count). The van der Waals surface area contributed by atoms with Crippen molar-refractivity contribution in [1.82, 2.24) is 5.32 Å². The lowest BCUT2D eigenvalue weighted by Gasteiger charge is -2.45. The molecule has 2 fully saturated rings. The zero-order chi connectivity index (χ0) is 18.3. The van der Waals surface area contributed by atoms with Crippen molar-refractivity contribution in [3.8, 4) is 0 Å². The van der Waals surface area contributed by atoms with Crippen LogP contribution in [0.15, 0.2) is 0 Å². The fourth-order valence-corrected chi connectivity index (χ4v) is 7.68. The third-order valence-electron chi connectivity index (χ3n) is 5.36. The Morgan fingerprint density at radius 1 is 1.50 bits per heavy atom. The predicted molar refractivity (Wildman–Crippen MR) is 109 cm³/mol. The van der Waals surface area contributed by atoms with E-state index in [1.54, 1.807) is 11.8 Å². The maximum absolute atomic E-state index is 12.1. The fourth-order valence-electron chi connectivity index (χ4n) is 2.72. The zero-order valence-electron chi connectivity index (χ0n) is 15.4. The van der Waals surface area contributed by atoms with E-state index in [2.05, 4.69) is 39.2 Å². The molecule has 4 nitrogen and oxygen atoms in total. The van der Waals surface area contributed by atoms with Crippen LogP contribution >= 0.6 is 24.0 Å². The lowest BCUT2D eigenvalue weighted by molar-refractivity contribution is -0.136. The summed E-state index contributed by atoms with van der Waals surface area (Å²) in [6.45, 7) is 13.0. The molecule has 1 N–H and O–H groups in total. The molecular formula is C16H29NO3S3Si. The van der Waals surface area contributed by atoms with E-state index in [0.29, 0.717) is 5.75 Å². The highest BCUT2D eigenvalue weighted by molar-refractivity contribution is 8.23. The van der Waals surface area contributed by atoms with Crippen LogP contribution in [0.1, 0.15) is 34.1 Å². The van der Waals surface area contributed by atoms with Crippen LogP contribution in [0.4, 0.5) is 0 Å². The summed E-state index contributed by atoms with van der Waals surface area (Å²) in [5.41, 5.74) is 0. The SMILES string of the molecule is C[C@@H](O[Si](C)(C)C(C)(C)C)[C@H]1C(=O)N[C@@H]1SC(=S)C1CC[S+]([O-])C1. The second-order valence-corrected chi connectivity index (χ2v) is 16.5. The first-order chi connectivity index (χ1) is 10.9. The number of nitrogens with one attached hydrogen (secondary N) is 1. The molecule has 1 amide bonds. The molecule has 0 saturated carbocycles. The first kappa shape index (κ1) is 20.7. The largest absolute Gasteiger partial charge is 0.616 e. The van der Waals surface area contributed by atoms with Crippen LogP contribution in [-0.2, 0) is 20.4 Å². The average Bonchev–Trinajstić information content (AvgIpc) is 2.82. The fraction of sp³-hybridized carbons (Fsp3) is 0.875. The maximum Gasteiger partial charge on any atom is 0.229 e. The van der Waals surface area contributed by atoms with E-state index in [1.807, 2.05) is 6.92 Å². The maximum atomic E-state index is 12.1. The molecule has 2 saturated heterocycles. The molecule has 0 spiro atoms. The summed E-state index contributed by atoms with van der Waals surface area (Å²) in [5.74, 6) is 1.55. The lowest BCUT2D eigenvalue weighted by atomic mass is 9.96. The van der Waals surface area contributed by atoms with Gasteiger partial charge in [-0.15, -0.1) is 0 Å². The van der Waals surface area contributed by atoms with E-state index in [9.17, 15) is 9.35 Å². The third-order valence-corrected chi connectivity index (χ3v) is 13.3. The molecule has 0 aromatic carbocycles. The second kappa shape index (κ2) is 7.56. The molecule has 0 aliphatic carbocycles. The van der Waals surface area contributed by atoms with Crippen LogP contribution in [0, 0.1) is 11.8 Å². The summed E-state index contributed by atoms with van der Waals surface area (Å²) < 4.78 is 18.8. The van der Waals surface area contributed by atoms with Gasteiger partial charge in [0.25, 0.3) is 0 Å². The van der Waals surface area contributed by atoms with Crippen molar-refractivity contribution in [2.45, 2.75) is 63.7 Å². The Morgan fingerprint density at radius 3 is 2.58 bits per heavy atom. The van der Waals surface area contributed by atoms with Crippen LogP contribution < -0.4 is 5.32 Å². The smallest absolute Gasteiger partial charge is 0.229 e. The molecule has 2 aliphatic rings. The Balaban J connectivity index is 1.94. The van der Waals surface area contributed by atoms with Gasteiger partial charge in [-0.2, -0.15) is 0 Å². The summed E-state index contributed by atoms with van der Waals surface area (Å²) in [7, 11) is -1.91. The Labute approximate surface area is 159 Å². The summed E-state index contributed by atoms with van der Waals surface area (Å²) >= 11 is 6.37. The van der Waals surface area contributed by atoms with Crippen molar-refractivity contribution in [3.05, 3.63) is 0 Å². The number of thiocarbonyl (C=S) groups is 1. The highest BCUT2D eigenvalue weighted by atomic mass is 32.2. The highest BCUT2D eigenvalue weighted by Gasteiger charge is 2.48. The van der Waals surface area contributed by atoms with Gasteiger partial charge in [0.1, 0.15) is 11.5 Å². The summed E-state index contributed by atoms with van der Waals surface area (Å²) in [5, 5.41) is 3.06. The van der Waals surface area contributed by atoms with E-state index in [0.717, 1.165) is 16.4 Å². The summed E-state index contributed by atoms with van der Waals surface area (Å²) in [6.07, 6.45) is 0.789. The van der Waals surface area contributed by atoms with Gasteiger partial charge in [0.2, 0.25) is 5.91 Å². The second-order valence-electron chi connectivity index (χ2n) is 8.27. The molecule has 0 bridgehead atoms. The number of rotatable bonds is 5. The first-order valence-corrected chi connectivity index (χ1v) is 14.1. The monoisotopic (exact) mass is 407 g/mol. The number of carbonyl (C=O) groups excluding carboxylic acids is 1. The van der Waals surface area contributed by atoms with E-state index >= 15 is 0 Å². The molecule has 0 radical (unpaired) electrons. The van der Waals surface area contributed by atoms with Crippen LogP contribution in [0.5, 0.6) is 0 Å². The zero-order valence-corrected chi connectivity index (χ0v) is 18.8. The van der Waals surface area contributed by atoms with E-state index < -0.39 is 19.5 Å². The number of hydrogen-bond donors (Lipinski definition) is 1. The molecule has 0 aromatic rings. The Morgan fingerprint density at radius 2 is 2.12 bits per heavy atom. The van der Waals surface area contributed by atoms with Gasteiger partial charge < -0.3 is 14.3 Å². The number of carbonyl (C=O) groups is 1. The molecule has 5 atom stereocenters. The first-order valence-electron chi connectivity index (χ1n) is 8.46. The van der Waals surface area contributed by atoms with Gasteiger partial charge in [-0.05, 0) is 25.1 Å². The third kappa shape index (κ3) is 4.56. The van der Waals surface area contributed by atoms with Gasteiger partial charge in [0.15, 0.2) is 8.32 Å². The minimum absolute atomic E-state index is 0.0150. The normalized spacial score (nSPS) is 32.2. The quantitative estimate of drug-likeness (QED) is 0.328. The summed E-state index contributed by atoms with van der Waals surface area (Å²) in [6, 6.07) is 0. The predicted octanol–water partition coefficient (Wildman–Crippen LogP) is 3.30. The lowest BCUT2D eigenvalue weighted by Crippen LogP contribution is -2.62. The van der Waals surface area contributed by atoms with Gasteiger partial charge in [-0.3, -0.25) is 4.79 Å². The average molecular weight is 408 g/mol. The molecule has 0 aromatic heterocycles. The van der Waals surface area contributed by atoms with Crippen molar-refractivity contribution in [2.24, 2.45) is 11.8 Å². The van der Waals surface area contributed by atoms with Crippen molar-refractivity contribution >= 4 is 53.6 Å². The minimum atomic E-state index is -1.91. The number of β-lactam (4-membered cyclic amide) rings is 1. The van der Waals surface area contributed by atoms with Gasteiger partial charge in [0, 0.05) is 12.3 Å². The highest BCUT2D eigenvalue weighted by Crippen LogP contribution is 2.40.